The molecule has 516 valence electrons. The minimum Gasteiger partial charge on any atom is -0.394 e. The van der Waals surface area contributed by atoms with Crippen molar-refractivity contribution in [3.63, 3.8) is 0 Å². The van der Waals surface area contributed by atoms with Crippen LogP contribution in [0.4, 0.5) is 0 Å². The van der Waals surface area contributed by atoms with Crippen molar-refractivity contribution in [3.05, 3.63) is 72.9 Å². The predicted molar refractivity (Wildman–Crippen MR) is 346 cm³/mol. The van der Waals surface area contributed by atoms with Gasteiger partial charge in [-0.2, -0.15) is 0 Å². The van der Waals surface area contributed by atoms with E-state index in [1.807, 2.05) is 6.08 Å². The fourth-order valence-electron chi connectivity index (χ4n) is 11.3. The summed E-state index contributed by atoms with van der Waals surface area (Å²) in [5.74, 6) is -0.303. The summed E-state index contributed by atoms with van der Waals surface area (Å²) in [6, 6.07) is -1.01. The molecule has 3 rings (SSSR count). The van der Waals surface area contributed by atoms with Crippen LogP contribution in [0, 0.1) is 0 Å². The Kier molecular flexibility index (Phi) is 46.7. The molecule has 17 unspecified atom stereocenters. The molecule has 0 spiro atoms. The molecule has 19 nitrogen and oxygen atoms in total. The summed E-state index contributed by atoms with van der Waals surface area (Å²) in [5.41, 5.74) is 0. The molecule has 17 atom stereocenters. The van der Waals surface area contributed by atoms with Crippen LogP contribution in [0.15, 0.2) is 72.9 Å². The second kappa shape index (κ2) is 51.6. The van der Waals surface area contributed by atoms with Crippen LogP contribution in [-0.2, 0) is 33.2 Å². The number of allylic oxidation sites excluding steroid dienone is 11. The van der Waals surface area contributed by atoms with Crippen LogP contribution in [0.1, 0.15) is 232 Å². The van der Waals surface area contributed by atoms with Crippen LogP contribution in [0.2, 0.25) is 0 Å². The Morgan fingerprint density at radius 1 is 0.404 bits per heavy atom. The van der Waals surface area contributed by atoms with Crippen LogP contribution in [0.3, 0.4) is 0 Å². The molecule has 12 N–H and O–H groups in total. The normalized spacial score (nSPS) is 28.7. The Labute approximate surface area is 534 Å². The first-order valence-corrected chi connectivity index (χ1v) is 34.7. The third-order valence-corrected chi connectivity index (χ3v) is 17.0. The van der Waals surface area contributed by atoms with Crippen LogP contribution < -0.4 is 5.32 Å². The second-order valence-corrected chi connectivity index (χ2v) is 24.6. The van der Waals surface area contributed by atoms with Crippen molar-refractivity contribution in [3.8, 4) is 0 Å². The van der Waals surface area contributed by atoms with Crippen LogP contribution >= 0.6 is 0 Å². The number of hydrogen-bond acceptors (Lipinski definition) is 18. The summed E-state index contributed by atoms with van der Waals surface area (Å²) in [7, 11) is 0. The zero-order valence-electron chi connectivity index (χ0n) is 54.4. The summed E-state index contributed by atoms with van der Waals surface area (Å²) in [6.07, 6.45) is 37.3. The van der Waals surface area contributed by atoms with Crippen molar-refractivity contribution < 1.29 is 89.4 Å². The van der Waals surface area contributed by atoms with Gasteiger partial charge in [-0.3, -0.25) is 4.79 Å². The van der Waals surface area contributed by atoms with Crippen molar-refractivity contribution >= 4 is 5.91 Å². The number of ether oxygens (including phenoxy) is 6. The van der Waals surface area contributed by atoms with E-state index in [4.69, 9.17) is 28.4 Å². The molecule has 0 bridgehead atoms. The van der Waals surface area contributed by atoms with Gasteiger partial charge in [0.25, 0.3) is 0 Å². The third kappa shape index (κ3) is 33.8. The van der Waals surface area contributed by atoms with E-state index >= 15 is 0 Å². The molecule has 3 aliphatic rings. The van der Waals surface area contributed by atoms with Gasteiger partial charge in [0, 0.05) is 6.42 Å². The number of unbranched alkanes of at least 4 members (excludes halogenated alkanes) is 26. The van der Waals surface area contributed by atoms with Gasteiger partial charge < -0.3 is 89.9 Å². The van der Waals surface area contributed by atoms with Gasteiger partial charge >= 0.3 is 0 Å². The molecule has 1 amide bonds. The van der Waals surface area contributed by atoms with E-state index in [1.54, 1.807) is 6.08 Å². The van der Waals surface area contributed by atoms with Gasteiger partial charge in [0.2, 0.25) is 5.91 Å². The molecule has 3 fully saturated rings. The number of nitrogens with one attached hydrogen (secondary N) is 1. The summed E-state index contributed by atoms with van der Waals surface area (Å²) in [4.78, 5) is 13.4. The zero-order valence-corrected chi connectivity index (χ0v) is 54.4. The fraction of sp³-hybridized carbons (Fsp3) is 0.814. The van der Waals surface area contributed by atoms with Gasteiger partial charge in [-0.05, 0) is 83.5 Å². The first-order chi connectivity index (χ1) is 43.3. The molecule has 0 aliphatic carbocycles. The molecule has 0 saturated carbocycles. The number of aliphatic hydroxyl groups excluding tert-OH is 11. The molecule has 19 heteroatoms. The Hall–Kier alpha value is -2.77. The molecular weight excluding hydrogens is 1140 g/mol. The number of aliphatic hydroxyl groups is 11. The summed E-state index contributed by atoms with van der Waals surface area (Å²) in [6.45, 7) is 1.69. The largest absolute Gasteiger partial charge is 0.394 e. The molecule has 0 aromatic rings. The number of rotatable bonds is 52. The monoisotopic (exact) mass is 1270 g/mol. The maximum absolute atomic E-state index is 13.4. The topological polar surface area (TPSA) is 307 Å². The minimum atomic E-state index is -1.99. The smallest absolute Gasteiger partial charge is 0.220 e. The Morgan fingerprint density at radius 3 is 1.20 bits per heavy atom. The van der Waals surface area contributed by atoms with Crippen LogP contribution in [0.5, 0.6) is 0 Å². The SMILES string of the molecule is CCCCCCC/C=C\C/C=C\C/C=C\CCCCCCCCC(=O)NC(COC1OC(CO)C(OC2OC(CO)C(OC3OC(CO)C(O)C(O)C3O)C(O)C2O)C(O)C1O)C(O)/C=C/CC/C=C/CC/C=C/CCCCCCCCCCCCCCC. The quantitative estimate of drug-likeness (QED) is 0.0200. The zero-order chi connectivity index (χ0) is 64.7. The lowest BCUT2D eigenvalue weighted by Gasteiger charge is -2.48. The Morgan fingerprint density at radius 2 is 0.753 bits per heavy atom. The van der Waals surface area contributed by atoms with Crippen LogP contribution in [0.25, 0.3) is 0 Å². The highest BCUT2D eigenvalue weighted by Gasteiger charge is 2.53. The lowest BCUT2D eigenvalue weighted by atomic mass is 9.96. The first kappa shape index (κ1) is 80.5. The maximum Gasteiger partial charge on any atom is 0.220 e. The molecule has 3 aliphatic heterocycles. The Bertz CT molecular complexity index is 1900. The van der Waals surface area contributed by atoms with E-state index in [9.17, 15) is 61.0 Å². The highest BCUT2D eigenvalue weighted by molar-refractivity contribution is 5.76. The summed E-state index contributed by atoms with van der Waals surface area (Å²) < 4.78 is 34.3. The van der Waals surface area contributed by atoms with Crippen molar-refractivity contribution in [2.75, 3.05) is 26.4 Å². The average Bonchev–Trinajstić information content (AvgIpc) is 1.93. The maximum atomic E-state index is 13.4. The average molecular weight is 1270 g/mol. The fourth-order valence-corrected chi connectivity index (χ4v) is 11.3. The standard InChI is InChI=1S/C70H123NO18/c1-3-5-7-9-11-13-15-17-19-21-23-25-26-28-29-31-33-35-37-39-41-43-45-47-54(75)53(71-58(76)48-46-44-42-40-38-36-34-32-30-27-24-22-20-18-16-14-12-10-8-6-4-2)52-84-68-64(82)61(79)66(56(50-73)86-68)89-70-65(83)62(80)67(57(51-74)87-70)88-69-63(81)60(78)59(77)55(49-72)85-69/h16,18,22,24,29-32,37,39,45,47,53-57,59-70,72-75,77-83H,3-15,17,19-21,23,25-28,33-36,38,40-44,46,48-52H2,1-2H3,(H,71,76)/b18-16-,24-22-,31-29+,32-30-,39-37+,47-45+. The number of hydrogen-bond donors (Lipinski definition) is 12. The second-order valence-electron chi connectivity index (χ2n) is 24.6. The van der Waals surface area contributed by atoms with Gasteiger partial charge in [-0.1, -0.05) is 215 Å². The van der Waals surface area contributed by atoms with Gasteiger partial charge in [0.05, 0.1) is 38.6 Å². The summed E-state index contributed by atoms with van der Waals surface area (Å²) in [5, 5.41) is 120. The predicted octanol–water partition coefficient (Wildman–Crippen LogP) is 8.94. The highest BCUT2D eigenvalue weighted by atomic mass is 16.8. The molecule has 0 aromatic heterocycles. The van der Waals surface area contributed by atoms with Gasteiger partial charge in [-0.15, -0.1) is 0 Å². The molecule has 3 heterocycles. The van der Waals surface area contributed by atoms with E-state index in [-0.39, 0.29) is 18.9 Å². The summed E-state index contributed by atoms with van der Waals surface area (Å²) >= 11 is 0. The van der Waals surface area contributed by atoms with Gasteiger partial charge in [-0.25, -0.2) is 0 Å². The van der Waals surface area contributed by atoms with E-state index in [0.717, 1.165) is 77.0 Å². The van der Waals surface area contributed by atoms with Crippen molar-refractivity contribution in [1.82, 2.24) is 5.32 Å². The van der Waals surface area contributed by atoms with Gasteiger partial charge in [0.15, 0.2) is 18.9 Å². The van der Waals surface area contributed by atoms with Crippen molar-refractivity contribution in [2.45, 2.75) is 336 Å². The van der Waals surface area contributed by atoms with Crippen molar-refractivity contribution in [2.24, 2.45) is 0 Å². The lowest BCUT2D eigenvalue weighted by Crippen LogP contribution is -2.66. The lowest BCUT2D eigenvalue weighted by molar-refractivity contribution is -0.379. The first-order valence-electron chi connectivity index (χ1n) is 34.7. The van der Waals surface area contributed by atoms with E-state index in [2.05, 4.69) is 79.9 Å². The molecular formula is C70H123NO18. The third-order valence-electron chi connectivity index (χ3n) is 17.0. The number of carbonyl (C=O) groups excluding carboxylic acids is 1. The molecule has 89 heavy (non-hydrogen) atoms. The Balaban J connectivity index is 1.48. The van der Waals surface area contributed by atoms with Crippen LogP contribution in [-0.4, -0.2) is 193 Å². The van der Waals surface area contributed by atoms with Gasteiger partial charge in [0.1, 0.15) is 73.2 Å². The number of amides is 1. The molecule has 0 aromatic carbocycles. The van der Waals surface area contributed by atoms with E-state index in [1.165, 1.54) is 122 Å². The van der Waals surface area contributed by atoms with E-state index in [0.29, 0.717) is 12.8 Å². The minimum absolute atomic E-state index is 0.214. The van der Waals surface area contributed by atoms with Crippen molar-refractivity contribution in [1.29, 1.82) is 0 Å². The molecule has 3 saturated heterocycles. The molecule has 0 radical (unpaired) electrons. The highest BCUT2D eigenvalue weighted by Crippen LogP contribution is 2.33. The van der Waals surface area contributed by atoms with E-state index < -0.39 is 124 Å². The number of carbonyl (C=O) groups is 1.